The molecule has 1 aromatic carbocycles. The van der Waals surface area contributed by atoms with Gasteiger partial charge in [0.25, 0.3) is 5.91 Å². The average molecular weight is 659 g/mol. The third-order valence-corrected chi connectivity index (χ3v) is 8.79. The number of carbonyl (C=O) groups excluding carboxylic acids is 2. The highest BCUT2D eigenvalue weighted by Crippen LogP contribution is 2.40. The van der Waals surface area contributed by atoms with E-state index < -0.39 is 23.8 Å². The van der Waals surface area contributed by atoms with E-state index in [-0.39, 0.29) is 35.4 Å². The maximum atomic E-state index is 13.9. The molecule has 244 valence electrons. The van der Waals surface area contributed by atoms with Gasteiger partial charge >= 0.3 is 12.2 Å². The number of hydrogen-bond acceptors (Lipinski definition) is 7. The van der Waals surface area contributed by atoms with Crippen molar-refractivity contribution in [3.63, 3.8) is 0 Å². The molecular weight excluding hydrogens is 625 g/mol. The SMILES string of the molecule is CCOc1ncccc1-c1ccc(N2CCN3C(=O)N(c4ccc(Cl)cc4C(F)(F)F)C[C@@H]3C2)c(C(=O)NCC2CCOCC2)n1. The van der Waals surface area contributed by atoms with Gasteiger partial charge in [0.15, 0.2) is 5.69 Å². The van der Waals surface area contributed by atoms with Gasteiger partial charge in [-0.15, -0.1) is 0 Å². The Labute approximate surface area is 269 Å². The number of nitrogens with one attached hydrogen (secondary N) is 1. The van der Waals surface area contributed by atoms with E-state index in [2.05, 4.69) is 10.3 Å². The fourth-order valence-electron chi connectivity index (χ4n) is 6.23. The number of rotatable bonds is 8. The van der Waals surface area contributed by atoms with E-state index in [4.69, 9.17) is 26.1 Å². The summed E-state index contributed by atoms with van der Waals surface area (Å²) < 4.78 is 52.9. The minimum atomic E-state index is -4.69. The maximum absolute atomic E-state index is 13.9. The molecule has 1 N–H and O–H groups in total. The molecule has 0 bridgehead atoms. The topological polar surface area (TPSA) is 100 Å². The number of hydrogen-bond donors (Lipinski definition) is 1. The number of nitrogens with zero attached hydrogens (tertiary/aromatic N) is 5. The van der Waals surface area contributed by atoms with Crippen LogP contribution in [-0.4, -0.2) is 85.4 Å². The molecule has 14 heteroatoms. The van der Waals surface area contributed by atoms with Crippen molar-refractivity contribution >= 4 is 34.9 Å². The summed E-state index contributed by atoms with van der Waals surface area (Å²) in [5.74, 6) is 0.353. The van der Waals surface area contributed by atoms with Gasteiger partial charge in [0, 0.05) is 57.2 Å². The normalized spacial score (nSPS) is 18.9. The first-order valence-corrected chi connectivity index (χ1v) is 15.7. The summed E-state index contributed by atoms with van der Waals surface area (Å²) in [4.78, 5) is 41.0. The van der Waals surface area contributed by atoms with Crippen LogP contribution in [0.3, 0.4) is 0 Å². The molecule has 10 nitrogen and oxygen atoms in total. The van der Waals surface area contributed by atoms with Crippen LogP contribution in [-0.2, 0) is 10.9 Å². The second kappa shape index (κ2) is 13.3. The molecule has 6 rings (SSSR count). The lowest BCUT2D eigenvalue weighted by Gasteiger charge is -2.38. The van der Waals surface area contributed by atoms with Crippen LogP contribution in [0.2, 0.25) is 5.02 Å². The fraction of sp³-hybridized carbons (Fsp3) is 0.438. The second-order valence-electron chi connectivity index (χ2n) is 11.5. The van der Waals surface area contributed by atoms with E-state index in [0.29, 0.717) is 68.2 Å². The zero-order valence-electron chi connectivity index (χ0n) is 25.2. The van der Waals surface area contributed by atoms with Crippen LogP contribution in [0.15, 0.2) is 48.7 Å². The van der Waals surface area contributed by atoms with Gasteiger partial charge < -0.3 is 24.6 Å². The molecule has 2 aromatic heterocycles. The first-order chi connectivity index (χ1) is 22.1. The molecule has 3 amide bonds. The van der Waals surface area contributed by atoms with Crippen molar-refractivity contribution in [1.29, 1.82) is 0 Å². The van der Waals surface area contributed by atoms with E-state index in [1.807, 2.05) is 24.0 Å². The van der Waals surface area contributed by atoms with Crippen molar-refractivity contribution in [2.24, 2.45) is 5.92 Å². The van der Waals surface area contributed by atoms with E-state index in [1.54, 1.807) is 23.2 Å². The Hall–Kier alpha value is -4.10. The summed E-state index contributed by atoms with van der Waals surface area (Å²) >= 11 is 5.88. The standard InChI is InChI=1S/C32H34ClF3N6O4/c1-2-46-30-23(4-3-11-37-30)25-6-8-27(28(39-25)29(43)38-17-20-9-14-45-15-10-20)40-12-13-41-22(18-40)19-42(31(41)44)26-7-5-21(33)16-24(26)32(34,35)36/h3-8,11,16,20,22H,2,9-10,12-15,17-19H2,1H3,(H,38,43)/t22-/m0/s1. The van der Waals surface area contributed by atoms with E-state index >= 15 is 0 Å². The Morgan fingerprint density at radius 2 is 1.89 bits per heavy atom. The van der Waals surface area contributed by atoms with Gasteiger partial charge in [-0.3, -0.25) is 9.69 Å². The third-order valence-electron chi connectivity index (χ3n) is 8.56. The summed E-state index contributed by atoms with van der Waals surface area (Å²) in [6.45, 7) is 5.02. The highest BCUT2D eigenvalue weighted by atomic mass is 35.5. The van der Waals surface area contributed by atoms with Gasteiger partial charge in [-0.1, -0.05) is 11.6 Å². The first kappa shape index (κ1) is 31.9. The van der Waals surface area contributed by atoms with Crippen LogP contribution in [0, 0.1) is 5.92 Å². The number of fused-ring (bicyclic) bond motifs is 1. The van der Waals surface area contributed by atoms with Gasteiger partial charge in [-0.25, -0.2) is 14.8 Å². The number of pyridine rings is 2. The molecule has 3 fully saturated rings. The molecule has 0 aliphatic carbocycles. The van der Waals surface area contributed by atoms with Crippen LogP contribution in [0.1, 0.15) is 35.8 Å². The van der Waals surface area contributed by atoms with Crippen molar-refractivity contribution in [3.05, 3.63) is 64.9 Å². The van der Waals surface area contributed by atoms with Gasteiger partial charge in [0.05, 0.1) is 40.8 Å². The number of halogens is 4. The maximum Gasteiger partial charge on any atom is 0.418 e. The molecule has 46 heavy (non-hydrogen) atoms. The largest absolute Gasteiger partial charge is 0.477 e. The van der Waals surface area contributed by atoms with Crippen LogP contribution < -0.4 is 19.9 Å². The lowest BCUT2D eigenvalue weighted by atomic mass is 10.0. The van der Waals surface area contributed by atoms with Gasteiger partial charge in [-0.2, -0.15) is 13.2 Å². The van der Waals surface area contributed by atoms with E-state index in [1.165, 1.54) is 12.1 Å². The van der Waals surface area contributed by atoms with Crippen LogP contribution in [0.25, 0.3) is 11.3 Å². The summed E-state index contributed by atoms with van der Waals surface area (Å²) in [6.07, 6.45) is -1.36. The highest BCUT2D eigenvalue weighted by molar-refractivity contribution is 6.30. The summed E-state index contributed by atoms with van der Waals surface area (Å²) in [5, 5.41) is 2.99. The average Bonchev–Trinajstić information content (AvgIpc) is 3.39. The molecule has 0 unspecified atom stereocenters. The van der Waals surface area contributed by atoms with Crippen molar-refractivity contribution in [2.45, 2.75) is 32.0 Å². The van der Waals surface area contributed by atoms with Crippen LogP contribution in [0.5, 0.6) is 5.88 Å². The van der Waals surface area contributed by atoms with Crippen molar-refractivity contribution in [2.75, 3.05) is 62.3 Å². The minimum Gasteiger partial charge on any atom is -0.477 e. The molecule has 1 atom stereocenters. The molecule has 0 spiro atoms. The van der Waals surface area contributed by atoms with Gasteiger partial charge in [-0.05, 0) is 68.1 Å². The summed E-state index contributed by atoms with van der Waals surface area (Å²) in [6, 6.07) is 9.72. The predicted octanol–water partition coefficient (Wildman–Crippen LogP) is 5.50. The Bertz CT molecular complexity index is 1600. The third kappa shape index (κ3) is 6.57. The fourth-order valence-corrected chi connectivity index (χ4v) is 6.40. The summed E-state index contributed by atoms with van der Waals surface area (Å²) in [5.41, 5.74) is 0.740. The number of benzene rings is 1. The quantitative estimate of drug-likeness (QED) is 0.341. The number of urea groups is 1. The molecule has 0 radical (unpaired) electrons. The van der Waals surface area contributed by atoms with E-state index in [9.17, 15) is 22.8 Å². The molecule has 0 saturated carbocycles. The van der Waals surface area contributed by atoms with Crippen LogP contribution >= 0.6 is 11.6 Å². The number of amides is 3. The Kier molecular flexibility index (Phi) is 9.23. The van der Waals surface area contributed by atoms with Gasteiger partial charge in [0.1, 0.15) is 0 Å². The monoisotopic (exact) mass is 658 g/mol. The molecule has 3 saturated heterocycles. The second-order valence-corrected chi connectivity index (χ2v) is 11.9. The molecule has 3 aliphatic heterocycles. The molecular formula is C32H34ClF3N6O4. The van der Waals surface area contributed by atoms with E-state index in [0.717, 1.165) is 23.8 Å². The zero-order valence-corrected chi connectivity index (χ0v) is 26.0. The van der Waals surface area contributed by atoms with Gasteiger partial charge in [0.2, 0.25) is 5.88 Å². The lowest BCUT2D eigenvalue weighted by molar-refractivity contribution is -0.137. The minimum absolute atomic E-state index is 0.0459. The van der Waals surface area contributed by atoms with Crippen molar-refractivity contribution in [3.8, 4) is 17.1 Å². The lowest BCUT2D eigenvalue weighted by Crippen LogP contribution is -2.52. The predicted molar refractivity (Wildman–Crippen MR) is 166 cm³/mol. The molecule has 3 aromatic rings. The van der Waals surface area contributed by atoms with Crippen LogP contribution in [0.4, 0.5) is 29.3 Å². The number of aromatic nitrogens is 2. The number of alkyl halides is 3. The number of piperazine rings is 1. The Morgan fingerprint density at radius 1 is 1.11 bits per heavy atom. The Morgan fingerprint density at radius 3 is 2.65 bits per heavy atom. The zero-order chi connectivity index (χ0) is 32.4. The summed E-state index contributed by atoms with van der Waals surface area (Å²) in [7, 11) is 0. The number of ether oxygens (including phenoxy) is 2. The Balaban J connectivity index is 1.28. The highest BCUT2D eigenvalue weighted by Gasteiger charge is 2.45. The number of carbonyl (C=O) groups is 2. The first-order valence-electron chi connectivity index (χ1n) is 15.3. The molecule has 5 heterocycles. The number of anilines is 2. The molecule has 3 aliphatic rings. The smallest absolute Gasteiger partial charge is 0.418 e. The van der Waals surface area contributed by atoms with Crippen molar-refractivity contribution < 1.29 is 32.2 Å². The van der Waals surface area contributed by atoms with Crippen molar-refractivity contribution in [1.82, 2.24) is 20.2 Å².